The second kappa shape index (κ2) is 10.7. The summed E-state index contributed by atoms with van der Waals surface area (Å²) in [5.41, 5.74) is 0.373. The molecule has 0 bridgehead atoms. The van der Waals surface area contributed by atoms with E-state index in [0.717, 1.165) is 17.7 Å². The van der Waals surface area contributed by atoms with Crippen LogP contribution < -0.4 is 9.64 Å². The average Bonchev–Trinajstić information content (AvgIpc) is 2.80. The lowest BCUT2D eigenvalue weighted by molar-refractivity contribution is -0.137. The maximum Gasteiger partial charge on any atom is 0.417 e. The van der Waals surface area contributed by atoms with Crippen LogP contribution in [0.3, 0.4) is 0 Å². The van der Waals surface area contributed by atoms with Crippen molar-refractivity contribution in [3.63, 3.8) is 0 Å². The van der Waals surface area contributed by atoms with Crippen molar-refractivity contribution in [2.45, 2.75) is 18.5 Å². The molecule has 0 aliphatic rings. The van der Waals surface area contributed by atoms with E-state index in [0.29, 0.717) is 24.1 Å². The molecule has 0 unspecified atom stereocenters. The van der Waals surface area contributed by atoms with Gasteiger partial charge >= 0.3 is 12.3 Å². The monoisotopic (exact) mass is 500 g/mol. The minimum Gasteiger partial charge on any atom is -0.452 e. The van der Waals surface area contributed by atoms with Gasteiger partial charge in [0.15, 0.2) is 5.82 Å². The molecule has 2 aromatic heterocycles. The van der Waals surface area contributed by atoms with Gasteiger partial charge < -0.3 is 9.47 Å². The van der Waals surface area contributed by atoms with Crippen LogP contribution in [0.1, 0.15) is 16.8 Å². The number of ether oxygens (including phenoxy) is 2. The summed E-state index contributed by atoms with van der Waals surface area (Å²) in [7, 11) is 1.24. The van der Waals surface area contributed by atoms with E-state index in [4.69, 9.17) is 32.7 Å². The van der Waals surface area contributed by atoms with Crippen molar-refractivity contribution in [2.24, 2.45) is 0 Å². The molecule has 33 heavy (non-hydrogen) atoms. The van der Waals surface area contributed by atoms with Gasteiger partial charge in [-0.2, -0.15) is 13.2 Å². The Labute approximate surface area is 197 Å². The molecule has 7 nitrogen and oxygen atoms in total. The molecule has 1 amide bonds. The van der Waals surface area contributed by atoms with Gasteiger partial charge in [-0.1, -0.05) is 23.7 Å². The predicted octanol–water partition coefficient (Wildman–Crippen LogP) is 5.89. The molecule has 0 radical (unpaired) electrons. The molecular weight excluding hydrogens is 484 g/mol. The minimum atomic E-state index is -4.47. The molecule has 0 saturated carbocycles. The van der Waals surface area contributed by atoms with E-state index >= 15 is 0 Å². The van der Waals surface area contributed by atoms with E-state index in [2.05, 4.69) is 15.0 Å². The lowest BCUT2D eigenvalue weighted by Gasteiger charge is -2.21. The van der Waals surface area contributed by atoms with Crippen molar-refractivity contribution in [3.05, 3.63) is 70.8 Å². The molecule has 3 aromatic rings. The number of hydrogen-bond donors (Lipinski definition) is 0. The molecule has 0 fully saturated rings. The first kappa shape index (κ1) is 24.5. The fraction of sp³-hybridized carbons (Fsp3) is 0.238. The lowest BCUT2D eigenvalue weighted by atomic mass is 10.1. The van der Waals surface area contributed by atoms with Crippen LogP contribution in [0.4, 0.5) is 23.8 Å². The Morgan fingerprint density at radius 1 is 1.09 bits per heavy atom. The van der Waals surface area contributed by atoms with Crippen molar-refractivity contribution in [2.75, 3.05) is 18.6 Å². The highest BCUT2D eigenvalue weighted by molar-refractivity contribution is 6.34. The molecule has 0 aliphatic heterocycles. The van der Waals surface area contributed by atoms with Crippen LogP contribution >= 0.6 is 23.2 Å². The summed E-state index contributed by atoms with van der Waals surface area (Å²) in [6.45, 7) is 0.200. The number of amides is 1. The lowest BCUT2D eigenvalue weighted by Crippen LogP contribution is -2.34. The van der Waals surface area contributed by atoms with Gasteiger partial charge in [0, 0.05) is 18.8 Å². The van der Waals surface area contributed by atoms with Crippen LogP contribution in [0, 0.1) is 0 Å². The zero-order chi connectivity index (χ0) is 24.0. The summed E-state index contributed by atoms with van der Waals surface area (Å²) in [6.07, 6.45) is -2.73. The van der Waals surface area contributed by atoms with E-state index in [1.165, 1.54) is 18.3 Å². The fourth-order valence-corrected chi connectivity index (χ4v) is 3.30. The first-order chi connectivity index (χ1) is 15.7. The van der Waals surface area contributed by atoms with Crippen molar-refractivity contribution in [3.8, 4) is 11.6 Å². The molecule has 0 spiro atoms. The Morgan fingerprint density at radius 3 is 2.39 bits per heavy atom. The second-order valence-corrected chi connectivity index (χ2v) is 7.24. The van der Waals surface area contributed by atoms with E-state index in [9.17, 15) is 18.0 Å². The Hall–Kier alpha value is -3.11. The van der Waals surface area contributed by atoms with Crippen molar-refractivity contribution in [1.29, 1.82) is 0 Å². The SMILES string of the molecule is COC(=O)N(CCc1ccc(Oc2ccc(C(F)(F)F)cn2)cc1)c1ncnc(CCl)c1Cl. The molecule has 0 atom stereocenters. The predicted molar refractivity (Wildman–Crippen MR) is 116 cm³/mol. The molecule has 2 heterocycles. The molecule has 3 rings (SSSR count). The van der Waals surface area contributed by atoms with E-state index < -0.39 is 17.8 Å². The highest BCUT2D eigenvalue weighted by Gasteiger charge is 2.30. The fourth-order valence-electron chi connectivity index (χ4n) is 2.77. The summed E-state index contributed by atoms with van der Waals surface area (Å²) in [5, 5.41) is 0.158. The number of anilines is 1. The number of nitrogens with zero attached hydrogens (tertiary/aromatic N) is 4. The summed E-state index contributed by atoms with van der Waals surface area (Å²) >= 11 is 12.1. The van der Waals surface area contributed by atoms with Crippen LogP contribution in [0.2, 0.25) is 5.02 Å². The van der Waals surface area contributed by atoms with Gasteiger partial charge in [-0.3, -0.25) is 4.90 Å². The van der Waals surface area contributed by atoms with Gasteiger partial charge in [0.05, 0.1) is 24.2 Å². The number of carbonyl (C=O) groups is 1. The van der Waals surface area contributed by atoms with Gasteiger partial charge in [-0.05, 0) is 30.2 Å². The standard InChI is InChI=1S/C21H17Cl2F3N4O3/c1-32-20(31)30(19-18(23)16(10-22)28-12-29-19)9-8-13-2-5-15(6-3-13)33-17-7-4-14(11-27-17)21(24,25)26/h2-7,11-12H,8-10H2,1H3. The largest absolute Gasteiger partial charge is 0.452 e. The number of alkyl halides is 4. The molecule has 0 N–H and O–H groups in total. The Bertz CT molecular complexity index is 1100. The normalized spacial score (nSPS) is 11.2. The number of benzene rings is 1. The zero-order valence-electron chi connectivity index (χ0n) is 17.1. The van der Waals surface area contributed by atoms with Crippen LogP contribution in [0.5, 0.6) is 11.6 Å². The van der Waals surface area contributed by atoms with E-state index in [1.807, 2.05) is 0 Å². The number of rotatable bonds is 7. The van der Waals surface area contributed by atoms with Crippen molar-refractivity contribution in [1.82, 2.24) is 15.0 Å². The molecule has 174 valence electrons. The van der Waals surface area contributed by atoms with Crippen molar-refractivity contribution >= 4 is 35.1 Å². The third-order valence-corrected chi connectivity index (χ3v) is 5.09. The van der Waals surface area contributed by atoms with Gasteiger partial charge in [-0.15, -0.1) is 11.6 Å². The number of aromatic nitrogens is 3. The van der Waals surface area contributed by atoms with Crippen LogP contribution in [-0.2, 0) is 23.2 Å². The van der Waals surface area contributed by atoms with Gasteiger partial charge in [-0.25, -0.2) is 19.7 Å². The topological polar surface area (TPSA) is 77.4 Å². The third kappa shape index (κ3) is 6.23. The number of halogens is 5. The van der Waals surface area contributed by atoms with Crippen LogP contribution in [0.15, 0.2) is 48.9 Å². The maximum atomic E-state index is 12.6. The number of hydrogen-bond acceptors (Lipinski definition) is 6. The van der Waals surface area contributed by atoms with Crippen LogP contribution in [0.25, 0.3) is 0 Å². The smallest absolute Gasteiger partial charge is 0.417 e. The maximum absolute atomic E-state index is 12.6. The summed E-state index contributed by atoms with van der Waals surface area (Å²) < 4.78 is 48.2. The first-order valence-electron chi connectivity index (χ1n) is 9.43. The Balaban J connectivity index is 1.67. The highest BCUT2D eigenvalue weighted by Crippen LogP contribution is 2.30. The molecule has 0 aliphatic carbocycles. The minimum absolute atomic E-state index is 0.0288. The number of methoxy groups -OCH3 is 1. The van der Waals surface area contributed by atoms with Crippen molar-refractivity contribution < 1.29 is 27.4 Å². The third-order valence-electron chi connectivity index (χ3n) is 4.45. The number of carbonyl (C=O) groups excluding carboxylic acids is 1. The highest BCUT2D eigenvalue weighted by atomic mass is 35.5. The van der Waals surface area contributed by atoms with Gasteiger partial charge in [0.2, 0.25) is 5.88 Å². The van der Waals surface area contributed by atoms with Crippen LogP contribution in [-0.4, -0.2) is 34.7 Å². The molecule has 12 heteroatoms. The van der Waals surface area contributed by atoms with Gasteiger partial charge in [0.25, 0.3) is 0 Å². The molecule has 0 saturated heterocycles. The van der Waals surface area contributed by atoms with Gasteiger partial charge in [0.1, 0.15) is 17.1 Å². The second-order valence-electron chi connectivity index (χ2n) is 6.59. The average molecular weight is 501 g/mol. The zero-order valence-corrected chi connectivity index (χ0v) is 18.7. The molecular formula is C21H17Cl2F3N4O3. The Morgan fingerprint density at radius 2 is 1.82 bits per heavy atom. The summed E-state index contributed by atoms with van der Waals surface area (Å²) in [4.78, 5) is 25.3. The summed E-state index contributed by atoms with van der Waals surface area (Å²) in [6, 6.07) is 8.82. The quantitative estimate of drug-likeness (QED) is 0.376. The first-order valence-corrected chi connectivity index (χ1v) is 10.3. The van der Waals surface area contributed by atoms with E-state index in [1.54, 1.807) is 24.3 Å². The Kier molecular flexibility index (Phi) is 7.93. The van der Waals surface area contributed by atoms with E-state index in [-0.39, 0.29) is 29.1 Å². The summed E-state index contributed by atoms with van der Waals surface area (Å²) in [5.74, 6) is 0.656. The number of pyridine rings is 1. The molecule has 1 aromatic carbocycles.